The van der Waals surface area contributed by atoms with Crippen LogP contribution >= 0.6 is 0 Å². The third-order valence-electron chi connectivity index (χ3n) is 1.79. The number of hydrogen-bond acceptors (Lipinski definition) is 0. The molecule has 0 aromatic heterocycles. The van der Waals surface area contributed by atoms with Crippen molar-refractivity contribution in [3.8, 4) is 11.1 Å². The van der Waals surface area contributed by atoms with E-state index in [-0.39, 0.29) is 26.6 Å². The van der Waals surface area contributed by atoms with Crippen molar-refractivity contribution in [3.63, 3.8) is 0 Å². The van der Waals surface area contributed by atoms with Gasteiger partial charge in [0.05, 0.1) is 0 Å². The predicted molar refractivity (Wildman–Crippen MR) is 56.0 cm³/mol. The molecule has 0 heterocycles. The largest absolute Gasteiger partial charge is 2.00 e. The minimum absolute atomic E-state index is 0. The van der Waals surface area contributed by atoms with Gasteiger partial charge in [0.1, 0.15) is 0 Å². The summed E-state index contributed by atoms with van der Waals surface area (Å²) in [6, 6.07) is 21.5. The fourth-order valence-electron chi connectivity index (χ4n) is 1.19. The van der Waals surface area contributed by atoms with Crippen LogP contribution in [0.15, 0.2) is 54.6 Å². The van der Waals surface area contributed by atoms with Crippen LogP contribution in [0.4, 0.5) is 0 Å². The Balaban J connectivity index is 0.000000845. The SMILES string of the molecule is [NH2-].[Pd+2].[c-]1ccccc1-c1ccccc1. The number of hydrogen-bond donors (Lipinski definition) is 0. The Hall–Kier alpha value is -0.938. The van der Waals surface area contributed by atoms with E-state index in [4.69, 9.17) is 0 Å². The van der Waals surface area contributed by atoms with E-state index in [9.17, 15) is 0 Å². The van der Waals surface area contributed by atoms with E-state index in [0.29, 0.717) is 0 Å². The first-order valence-electron chi connectivity index (χ1n) is 3.99. The van der Waals surface area contributed by atoms with Gasteiger partial charge < -0.3 is 6.15 Å². The quantitative estimate of drug-likeness (QED) is 0.559. The predicted octanol–water partition coefficient (Wildman–Crippen LogP) is 3.87. The summed E-state index contributed by atoms with van der Waals surface area (Å²) < 4.78 is 0. The summed E-state index contributed by atoms with van der Waals surface area (Å²) in [4.78, 5) is 0. The van der Waals surface area contributed by atoms with E-state index in [1.54, 1.807) is 0 Å². The van der Waals surface area contributed by atoms with Crippen LogP contribution in [-0.4, -0.2) is 0 Å². The minimum Gasteiger partial charge on any atom is -0.693 e. The van der Waals surface area contributed by atoms with Gasteiger partial charge in [0, 0.05) is 0 Å². The van der Waals surface area contributed by atoms with Crippen LogP contribution in [0.1, 0.15) is 0 Å². The van der Waals surface area contributed by atoms with Gasteiger partial charge in [0.25, 0.3) is 0 Å². The summed E-state index contributed by atoms with van der Waals surface area (Å²) in [6.07, 6.45) is 0. The maximum atomic E-state index is 3.18. The molecule has 2 aromatic rings. The molecule has 0 fully saturated rings. The van der Waals surface area contributed by atoms with Gasteiger partial charge in [0.2, 0.25) is 0 Å². The van der Waals surface area contributed by atoms with Crippen molar-refractivity contribution >= 4 is 0 Å². The molecule has 1 nitrogen and oxygen atoms in total. The summed E-state index contributed by atoms with van der Waals surface area (Å²) in [6.45, 7) is 0. The summed E-state index contributed by atoms with van der Waals surface area (Å²) in [7, 11) is 0. The molecule has 2 aromatic carbocycles. The van der Waals surface area contributed by atoms with Gasteiger partial charge in [-0.3, -0.25) is 0 Å². The molecule has 2 rings (SSSR count). The molecule has 0 atom stereocenters. The van der Waals surface area contributed by atoms with Gasteiger partial charge in [-0.2, -0.15) is 0 Å². The Labute approximate surface area is 98.4 Å². The Bertz CT molecular complexity index is 308. The van der Waals surface area contributed by atoms with E-state index in [0.717, 1.165) is 5.56 Å². The van der Waals surface area contributed by atoms with E-state index in [1.807, 2.05) is 36.4 Å². The molecule has 0 saturated heterocycles. The van der Waals surface area contributed by atoms with Crippen molar-refractivity contribution in [3.05, 3.63) is 66.8 Å². The molecular formula is C12H11NPd. The smallest absolute Gasteiger partial charge is 0.693 e. The van der Waals surface area contributed by atoms with Gasteiger partial charge in [-0.25, -0.2) is 0 Å². The second kappa shape index (κ2) is 6.51. The van der Waals surface area contributed by atoms with Crippen molar-refractivity contribution in [1.82, 2.24) is 0 Å². The van der Waals surface area contributed by atoms with E-state index in [1.165, 1.54) is 5.56 Å². The average molecular weight is 276 g/mol. The first kappa shape index (κ1) is 13.1. The van der Waals surface area contributed by atoms with Crippen molar-refractivity contribution in [1.29, 1.82) is 0 Å². The monoisotopic (exact) mass is 275 g/mol. The number of rotatable bonds is 1. The number of benzene rings is 2. The van der Waals surface area contributed by atoms with Crippen LogP contribution in [0.5, 0.6) is 0 Å². The zero-order valence-electron chi connectivity index (χ0n) is 7.59. The fourth-order valence-corrected chi connectivity index (χ4v) is 1.19. The van der Waals surface area contributed by atoms with E-state index in [2.05, 4.69) is 24.3 Å². The molecular weight excluding hydrogens is 265 g/mol. The second-order valence-electron chi connectivity index (χ2n) is 2.64. The van der Waals surface area contributed by atoms with Gasteiger partial charge in [-0.15, -0.1) is 35.9 Å². The van der Waals surface area contributed by atoms with Gasteiger partial charge in [-0.1, -0.05) is 35.9 Å². The molecule has 0 aliphatic heterocycles. The van der Waals surface area contributed by atoms with Crippen molar-refractivity contribution < 1.29 is 20.4 Å². The zero-order valence-corrected chi connectivity index (χ0v) is 9.14. The summed E-state index contributed by atoms with van der Waals surface area (Å²) in [5.74, 6) is 0. The topological polar surface area (TPSA) is 33.5 Å². The van der Waals surface area contributed by atoms with Crippen LogP contribution in [0.25, 0.3) is 17.3 Å². The molecule has 0 amide bonds. The Morgan fingerprint density at radius 3 is 2.00 bits per heavy atom. The Kier molecular flexibility index (Phi) is 6.07. The first-order chi connectivity index (χ1) is 5.97. The molecule has 0 aliphatic carbocycles. The molecule has 2 N–H and O–H groups in total. The molecule has 0 spiro atoms. The maximum absolute atomic E-state index is 3.18. The van der Waals surface area contributed by atoms with Crippen LogP contribution in [0, 0.1) is 6.07 Å². The maximum Gasteiger partial charge on any atom is 2.00 e. The van der Waals surface area contributed by atoms with E-state index < -0.39 is 0 Å². The summed E-state index contributed by atoms with van der Waals surface area (Å²) >= 11 is 0. The Morgan fingerprint density at radius 1 is 0.786 bits per heavy atom. The third kappa shape index (κ3) is 3.08. The first-order valence-corrected chi connectivity index (χ1v) is 3.99. The van der Waals surface area contributed by atoms with Crippen molar-refractivity contribution in [2.24, 2.45) is 0 Å². The van der Waals surface area contributed by atoms with Crippen molar-refractivity contribution in [2.75, 3.05) is 0 Å². The molecule has 0 aliphatic rings. The molecule has 14 heavy (non-hydrogen) atoms. The van der Waals surface area contributed by atoms with Gasteiger partial charge in [-0.05, 0) is 0 Å². The van der Waals surface area contributed by atoms with Crippen molar-refractivity contribution in [2.45, 2.75) is 0 Å². The van der Waals surface area contributed by atoms with Gasteiger partial charge in [0.15, 0.2) is 0 Å². The second-order valence-corrected chi connectivity index (χ2v) is 2.64. The molecule has 0 bridgehead atoms. The average Bonchev–Trinajstić information content (AvgIpc) is 2.21. The molecule has 74 valence electrons. The molecule has 0 unspecified atom stereocenters. The fraction of sp³-hybridized carbons (Fsp3) is 0. The Morgan fingerprint density at radius 2 is 1.43 bits per heavy atom. The van der Waals surface area contributed by atoms with Crippen LogP contribution in [0.3, 0.4) is 0 Å². The van der Waals surface area contributed by atoms with E-state index >= 15 is 0 Å². The molecule has 0 saturated carbocycles. The third-order valence-corrected chi connectivity index (χ3v) is 1.79. The minimum atomic E-state index is 0. The summed E-state index contributed by atoms with van der Waals surface area (Å²) in [5.41, 5.74) is 2.37. The molecule has 2 heteroatoms. The molecule has 0 radical (unpaired) electrons. The van der Waals surface area contributed by atoms with Crippen LogP contribution in [-0.2, 0) is 20.4 Å². The van der Waals surface area contributed by atoms with Crippen LogP contribution in [0.2, 0.25) is 0 Å². The van der Waals surface area contributed by atoms with Crippen LogP contribution < -0.4 is 0 Å². The summed E-state index contributed by atoms with van der Waals surface area (Å²) in [5, 5.41) is 0. The standard InChI is InChI=1S/C12H9.H2N.Pd/c1-3-7-11(8-4-1)12-9-5-2-6-10-12;;/h1-9H;1H2;/q2*-1;+2. The normalized spacial score (nSPS) is 8.29. The van der Waals surface area contributed by atoms with Gasteiger partial charge >= 0.3 is 20.4 Å². The zero-order chi connectivity index (χ0) is 8.23. The number of nitrogens with two attached hydrogens (primary N) is 1.